The molecule has 2 aliphatic rings. The third kappa shape index (κ3) is 3.07. The Morgan fingerprint density at radius 1 is 1.08 bits per heavy atom. The lowest BCUT2D eigenvalue weighted by molar-refractivity contribution is -0.125. The number of carbonyl (C=O) groups is 1. The van der Waals surface area contributed by atoms with Gasteiger partial charge in [0.1, 0.15) is 0 Å². The van der Waals surface area contributed by atoms with Crippen LogP contribution in [0.4, 0.5) is 0 Å². The van der Waals surface area contributed by atoms with Crippen molar-refractivity contribution in [2.24, 2.45) is 5.92 Å². The number of carbonyl (C=O) groups excluding carboxylic acids is 1. The van der Waals surface area contributed by atoms with E-state index in [-0.39, 0.29) is 17.9 Å². The van der Waals surface area contributed by atoms with Crippen LogP contribution in [0.15, 0.2) is 48.5 Å². The van der Waals surface area contributed by atoms with Gasteiger partial charge < -0.3 is 5.32 Å². The molecule has 1 aliphatic carbocycles. The fourth-order valence-electron chi connectivity index (χ4n) is 3.77. The number of amides is 1. The number of benzene rings is 2. The van der Waals surface area contributed by atoms with Crippen LogP contribution in [0.5, 0.6) is 0 Å². The molecule has 1 amide bonds. The second kappa shape index (κ2) is 6.75. The lowest BCUT2D eigenvalue weighted by atomic mass is 9.94. The highest BCUT2D eigenvalue weighted by atomic mass is 16.2. The van der Waals surface area contributed by atoms with Crippen LogP contribution in [-0.4, -0.2) is 12.5 Å². The third-order valence-electron chi connectivity index (χ3n) is 5.11. The first-order valence-corrected chi connectivity index (χ1v) is 8.73. The van der Waals surface area contributed by atoms with Gasteiger partial charge in [0.2, 0.25) is 5.91 Å². The zero-order valence-electron chi connectivity index (χ0n) is 13.7. The zero-order chi connectivity index (χ0) is 16.4. The second-order valence-corrected chi connectivity index (χ2v) is 6.69. The van der Waals surface area contributed by atoms with Crippen molar-refractivity contribution in [3.8, 4) is 0 Å². The fourth-order valence-corrected chi connectivity index (χ4v) is 3.77. The van der Waals surface area contributed by atoms with Crippen molar-refractivity contribution in [1.82, 2.24) is 16.2 Å². The van der Waals surface area contributed by atoms with E-state index in [2.05, 4.69) is 46.5 Å². The topological polar surface area (TPSA) is 53.2 Å². The molecule has 1 aliphatic heterocycles. The minimum Gasteiger partial charge on any atom is -0.352 e. The van der Waals surface area contributed by atoms with Gasteiger partial charge in [-0.05, 0) is 41.5 Å². The highest BCUT2D eigenvalue weighted by Crippen LogP contribution is 2.25. The monoisotopic (exact) mass is 321 g/mol. The molecule has 2 aromatic carbocycles. The van der Waals surface area contributed by atoms with Gasteiger partial charge in [0, 0.05) is 13.1 Å². The summed E-state index contributed by atoms with van der Waals surface area (Å²) in [7, 11) is 0. The standard InChI is InChI=1S/C20H23N3O/c24-20(18-13-22-23-19(18)16-5-2-1-3-6-16)21-12-14-9-10-15-7-4-8-17(15)11-14/h1-3,5-6,9-11,18-19,22-23H,4,7-8,12-13H2,(H,21,24). The fraction of sp³-hybridized carbons (Fsp3) is 0.350. The Balaban J connectivity index is 1.40. The summed E-state index contributed by atoms with van der Waals surface area (Å²) in [4.78, 5) is 12.6. The van der Waals surface area contributed by atoms with Crippen molar-refractivity contribution in [2.75, 3.05) is 6.54 Å². The van der Waals surface area contributed by atoms with Gasteiger partial charge in [0.15, 0.2) is 0 Å². The van der Waals surface area contributed by atoms with Gasteiger partial charge in [-0.3, -0.25) is 10.2 Å². The quantitative estimate of drug-likeness (QED) is 0.810. The van der Waals surface area contributed by atoms with Crippen LogP contribution in [0.1, 0.15) is 34.7 Å². The molecule has 2 aromatic rings. The van der Waals surface area contributed by atoms with Crippen LogP contribution < -0.4 is 16.2 Å². The summed E-state index contributed by atoms with van der Waals surface area (Å²) >= 11 is 0. The van der Waals surface area contributed by atoms with Crippen molar-refractivity contribution in [1.29, 1.82) is 0 Å². The summed E-state index contributed by atoms with van der Waals surface area (Å²) < 4.78 is 0. The average molecular weight is 321 g/mol. The van der Waals surface area contributed by atoms with Gasteiger partial charge in [0.25, 0.3) is 0 Å². The van der Waals surface area contributed by atoms with E-state index in [4.69, 9.17) is 0 Å². The molecule has 1 saturated heterocycles. The van der Waals surface area contributed by atoms with E-state index >= 15 is 0 Å². The van der Waals surface area contributed by atoms with Gasteiger partial charge in [-0.2, -0.15) is 0 Å². The largest absolute Gasteiger partial charge is 0.352 e. The first-order chi connectivity index (χ1) is 11.8. The molecule has 0 saturated carbocycles. The molecule has 0 radical (unpaired) electrons. The van der Waals surface area contributed by atoms with Crippen LogP contribution in [0, 0.1) is 5.92 Å². The van der Waals surface area contributed by atoms with Crippen LogP contribution in [0.25, 0.3) is 0 Å². The Bertz CT molecular complexity index is 729. The molecular formula is C20H23N3O. The summed E-state index contributed by atoms with van der Waals surface area (Å²) in [5, 5.41) is 3.11. The molecule has 1 fully saturated rings. The zero-order valence-corrected chi connectivity index (χ0v) is 13.7. The number of rotatable bonds is 4. The van der Waals surface area contributed by atoms with E-state index in [1.165, 1.54) is 36.0 Å². The number of hydrogen-bond acceptors (Lipinski definition) is 3. The molecule has 4 nitrogen and oxygen atoms in total. The first kappa shape index (κ1) is 15.4. The van der Waals surface area contributed by atoms with E-state index in [0.29, 0.717) is 13.1 Å². The van der Waals surface area contributed by atoms with E-state index in [9.17, 15) is 4.79 Å². The maximum absolute atomic E-state index is 12.6. The number of aryl methyl sites for hydroxylation is 2. The lowest BCUT2D eigenvalue weighted by Gasteiger charge is -2.18. The van der Waals surface area contributed by atoms with E-state index < -0.39 is 0 Å². The summed E-state index contributed by atoms with van der Waals surface area (Å²) in [5.41, 5.74) is 11.6. The Hall–Kier alpha value is -2.17. The van der Waals surface area contributed by atoms with Gasteiger partial charge >= 0.3 is 0 Å². The molecule has 0 bridgehead atoms. The van der Waals surface area contributed by atoms with Crippen molar-refractivity contribution >= 4 is 5.91 Å². The number of fused-ring (bicyclic) bond motifs is 1. The van der Waals surface area contributed by atoms with E-state index in [0.717, 1.165) is 5.56 Å². The molecule has 4 heteroatoms. The van der Waals surface area contributed by atoms with Gasteiger partial charge in [-0.15, -0.1) is 0 Å². The minimum atomic E-state index is -0.0955. The molecule has 24 heavy (non-hydrogen) atoms. The maximum atomic E-state index is 12.6. The molecule has 2 atom stereocenters. The number of nitrogens with one attached hydrogen (secondary N) is 3. The minimum absolute atomic E-state index is 0.0196. The molecule has 2 unspecified atom stereocenters. The predicted molar refractivity (Wildman–Crippen MR) is 94.1 cm³/mol. The molecule has 3 N–H and O–H groups in total. The van der Waals surface area contributed by atoms with Crippen molar-refractivity contribution in [2.45, 2.75) is 31.8 Å². The smallest absolute Gasteiger partial charge is 0.226 e. The molecule has 124 valence electrons. The van der Waals surface area contributed by atoms with Crippen LogP contribution >= 0.6 is 0 Å². The Labute approximate surface area is 142 Å². The highest BCUT2D eigenvalue weighted by molar-refractivity contribution is 5.80. The van der Waals surface area contributed by atoms with Crippen molar-refractivity contribution in [3.63, 3.8) is 0 Å². The SMILES string of the molecule is O=C(NCc1ccc2c(c1)CCC2)C1CNNC1c1ccccc1. The van der Waals surface area contributed by atoms with Gasteiger partial charge in [0.05, 0.1) is 12.0 Å². The Morgan fingerprint density at radius 2 is 1.92 bits per heavy atom. The van der Waals surface area contributed by atoms with Gasteiger partial charge in [-0.25, -0.2) is 5.43 Å². The van der Waals surface area contributed by atoms with Crippen molar-refractivity contribution in [3.05, 3.63) is 70.8 Å². The van der Waals surface area contributed by atoms with E-state index in [1.807, 2.05) is 18.2 Å². The van der Waals surface area contributed by atoms with Crippen LogP contribution in [0.2, 0.25) is 0 Å². The third-order valence-corrected chi connectivity index (χ3v) is 5.11. The highest BCUT2D eigenvalue weighted by Gasteiger charge is 2.33. The molecular weight excluding hydrogens is 298 g/mol. The molecule has 4 rings (SSSR count). The maximum Gasteiger partial charge on any atom is 0.226 e. The Kier molecular flexibility index (Phi) is 4.32. The molecule has 0 aromatic heterocycles. The van der Waals surface area contributed by atoms with Gasteiger partial charge in [-0.1, -0.05) is 48.5 Å². The second-order valence-electron chi connectivity index (χ2n) is 6.69. The van der Waals surface area contributed by atoms with Crippen molar-refractivity contribution < 1.29 is 4.79 Å². The molecule has 0 spiro atoms. The summed E-state index contributed by atoms with van der Waals surface area (Å²) in [6.07, 6.45) is 3.62. The molecule has 1 heterocycles. The predicted octanol–water partition coefficient (Wildman–Crippen LogP) is 2.26. The average Bonchev–Trinajstić information content (AvgIpc) is 3.29. The lowest BCUT2D eigenvalue weighted by Crippen LogP contribution is -2.34. The first-order valence-electron chi connectivity index (χ1n) is 8.73. The summed E-state index contributed by atoms with van der Waals surface area (Å²) in [6, 6.07) is 16.8. The van der Waals surface area contributed by atoms with Crippen LogP contribution in [0.3, 0.4) is 0 Å². The Morgan fingerprint density at radius 3 is 2.79 bits per heavy atom. The van der Waals surface area contributed by atoms with E-state index in [1.54, 1.807) is 0 Å². The summed E-state index contributed by atoms with van der Waals surface area (Å²) in [6.45, 7) is 1.25. The number of hydrazine groups is 1. The number of hydrogen-bond donors (Lipinski definition) is 3. The van der Waals surface area contributed by atoms with Crippen LogP contribution in [-0.2, 0) is 24.2 Å². The summed E-state index contributed by atoms with van der Waals surface area (Å²) in [5.74, 6) is 0.00341. The normalized spacial score (nSPS) is 22.3.